The summed E-state index contributed by atoms with van der Waals surface area (Å²) < 4.78 is 7.48. The first-order chi connectivity index (χ1) is 17.2. The van der Waals surface area contributed by atoms with Gasteiger partial charge in [-0.15, -0.1) is 0 Å². The number of carbonyl (C=O) groups is 2. The van der Waals surface area contributed by atoms with Gasteiger partial charge in [-0.1, -0.05) is 77.9 Å². The van der Waals surface area contributed by atoms with E-state index in [4.69, 9.17) is 9.84 Å². The molecule has 0 saturated heterocycles. The van der Waals surface area contributed by atoms with Gasteiger partial charge in [0.15, 0.2) is 11.9 Å². The number of aryl methyl sites for hydroxylation is 3. The first-order valence-corrected chi connectivity index (χ1v) is 12.0. The zero-order valence-corrected chi connectivity index (χ0v) is 21.1. The lowest BCUT2D eigenvalue weighted by atomic mass is 9.99. The normalized spacial score (nSPS) is 12.3. The molecule has 1 N–H and O–H groups in total. The summed E-state index contributed by atoms with van der Waals surface area (Å²) in [7, 11) is 0. The number of aliphatic carboxylic acids is 1. The average Bonchev–Trinajstić information content (AvgIpc) is 3.21. The molecule has 0 aliphatic rings. The highest BCUT2D eigenvalue weighted by Gasteiger charge is 2.18. The molecule has 0 aliphatic heterocycles. The molecule has 0 unspecified atom stereocenters. The monoisotopic (exact) mass is 481 g/mol. The van der Waals surface area contributed by atoms with Crippen LogP contribution in [0.3, 0.4) is 0 Å². The van der Waals surface area contributed by atoms with Gasteiger partial charge in [-0.05, 0) is 50.5 Å². The number of allylic oxidation sites excluding steroid dienone is 1. The Morgan fingerprint density at radius 3 is 2.33 bits per heavy atom. The van der Waals surface area contributed by atoms with Crippen LogP contribution in [0.5, 0.6) is 0 Å². The van der Waals surface area contributed by atoms with Gasteiger partial charge in [-0.25, -0.2) is 4.79 Å². The molecule has 5 heteroatoms. The van der Waals surface area contributed by atoms with Crippen LogP contribution in [-0.2, 0) is 22.7 Å². The minimum atomic E-state index is -0.971. The van der Waals surface area contributed by atoms with Gasteiger partial charge in [0.25, 0.3) is 0 Å². The van der Waals surface area contributed by atoms with Crippen LogP contribution >= 0.6 is 0 Å². The summed E-state index contributed by atoms with van der Waals surface area (Å²) >= 11 is 0. The van der Waals surface area contributed by atoms with Crippen LogP contribution in [0.25, 0.3) is 17.0 Å². The summed E-state index contributed by atoms with van der Waals surface area (Å²) in [5, 5.41) is 9.91. The Labute approximate surface area is 211 Å². The van der Waals surface area contributed by atoms with Crippen LogP contribution in [0.2, 0.25) is 0 Å². The zero-order valence-electron chi connectivity index (χ0n) is 21.1. The van der Waals surface area contributed by atoms with Gasteiger partial charge >= 0.3 is 5.97 Å². The molecule has 184 valence electrons. The maximum Gasteiger partial charge on any atom is 0.332 e. The molecule has 0 amide bonds. The summed E-state index contributed by atoms with van der Waals surface area (Å²) in [5.74, 6) is -0.941. The number of aromatic nitrogens is 1. The molecule has 1 aromatic heterocycles. The van der Waals surface area contributed by atoms with Crippen molar-refractivity contribution in [2.75, 3.05) is 0 Å². The zero-order chi connectivity index (χ0) is 25.8. The van der Waals surface area contributed by atoms with Crippen molar-refractivity contribution >= 4 is 28.7 Å². The van der Waals surface area contributed by atoms with E-state index in [2.05, 4.69) is 36.6 Å². The molecule has 3 aromatic carbocycles. The Morgan fingerprint density at radius 1 is 0.972 bits per heavy atom. The van der Waals surface area contributed by atoms with Gasteiger partial charge in [-0.3, -0.25) is 4.79 Å². The highest BCUT2D eigenvalue weighted by molar-refractivity contribution is 6.16. The quantitative estimate of drug-likeness (QED) is 0.277. The van der Waals surface area contributed by atoms with Crippen molar-refractivity contribution in [3.05, 3.63) is 112 Å². The number of ether oxygens (including phenoxy) is 1. The Hall–Kier alpha value is -3.96. The maximum atomic E-state index is 13.4. The summed E-state index contributed by atoms with van der Waals surface area (Å²) in [6, 6.07) is 19.8. The summed E-state index contributed by atoms with van der Waals surface area (Å²) in [4.78, 5) is 24.3. The van der Waals surface area contributed by atoms with Crippen LogP contribution < -0.4 is 0 Å². The molecule has 0 saturated carbocycles. The molecule has 0 fully saturated rings. The third-order valence-electron chi connectivity index (χ3n) is 6.31. The van der Waals surface area contributed by atoms with Gasteiger partial charge in [-0.2, -0.15) is 0 Å². The number of rotatable bonds is 9. The van der Waals surface area contributed by atoms with E-state index in [-0.39, 0.29) is 12.4 Å². The molecule has 0 spiro atoms. The smallest absolute Gasteiger partial charge is 0.332 e. The van der Waals surface area contributed by atoms with Crippen LogP contribution in [-0.4, -0.2) is 27.5 Å². The summed E-state index contributed by atoms with van der Waals surface area (Å²) in [6.45, 7) is 8.56. The number of carbonyl (C=O) groups excluding carboxylic acids is 1. The van der Waals surface area contributed by atoms with E-state index in [1.54, 1.807) is 0 Å². The van der Waals surface area contributed by atoms with Crippen molar-refractivity contribution in [3.8, 4) is 0 Å². The fourth-order valence-corrected chi connectivity index (χ4v) is 4.34. The van der Waals surface area contributed by atoms with Crippen LogP contribution in [0, 0.1) is 20.8 Å². The number of benzene rings is 3. The Bertz CT molecular complexity index is 1430. The highest BCUT2D eigenvalue weighted by atomic mass is 16.5. The number of carboxylic acid groups (broad SMARTS) is 1. The van der Waals surface area contributed by atoms with Crippen molar-refractivity contribution < 1.29 is 19.4 Å². The number of fused-ring (bicyclic) bond motifs is 1. The van der Waals surface area contributed by atoms with E-state index < -0.39 is 12.1 Å². The molecule has 1 atom stereocenters. The molecule has 4 rings (SSSR count). The fraction of sp³-hybridized carbons (Fsp3) is 0.226. The van der Waals surface area contributed by atoms with E-state index >= 15 is 0 Å². The highest BCUT2D eigenvalue weighted by Crippen LogP contribution is 2.28. The Balaban J connectivity index is 1.55. The predicted octanol–water partition coefficient (Wildman–Crippen LogP) is 6.50. The van der Waals surface area contributed by atoms with Crippen molar-refractivity contribution in [3.63, 3.8) is 0 Å². The van der Waals surface area contributed by atoms with Gasteiger partial charge in [0.05, 0.1) is 12.1 Å². The second kappa shape index (κ2) is 10.8. The second-order valence-corrected chi connectivity index (χ2v) is 9.30. The van der Waals surface area contributed by atoms with Gasteiger partial charge < -0.3 is 14.4 Å². The van der Waals surface area contributed by atoms with E-state index in [9.17, 15) is 9.59 Å². The Kier molecular flexibility index (Phi) is 7.51. The van der Waals surface area contributed by atoms with E-state index in [0.717, 1.165) is 38.7 Å². The molecule has 1 heterocycles. The molecule has 36 heavy (non-hydrogen) atoms. The first kappa shape index (κ1) is 25.1. The number of ketones is 1. The minimum Gasteiger partial charge on any atom is -0.479 e. The Morgan fingerprint density at radius 2 is 1.67 bits per heavy atom. The summed E-state index contributed by atoms with van der Waals surface area (Å²) in [5.41, 5.74) is 7.83. The third-order valence-corrected chi connectivity index (χ3v) is 6.31. The molecule has 0 radical (unpaired) electrons. The topological polar surface area (TPSA) is 68.5 Å². The van der Waals surface area contributed by atoms with Crippen LogP contribution in [0.4, 0.5) is 0 Å². The number of hydrogen-bond donors (Lipinski definition) is 1. The largest absolute Gasteiger partial charge is 0.479 e. The predicted molar refractivity (Wildman–Crippen MR) is 143 cm³/mol. The van der Waals surface area contributed by atoms with Crippen molar-refractivity contribution in [1.29, 1.82) is 0 Å². The lowest BCUT2D eigenvalue weighted by Crippen LogP contribution is -2.19. The van der Waals surface area contributed by atoms with E-state index in [0.29, 0.717) is 17.7 Å². The second-order valence-electron chi connectivity index (χ2n) is 9.30. The minimum absolute atomic E-state index is 0.0303. The number of carboxylic acids is 1. The first-order valence-electron chi connectivity index (χ1n) is 12.0. The van der Waals surface area contributed by atoms with E-state index in [1.807, 2.05) is 67.7 Å². The van der Waals surface area contributed by atoms with Gasteiger partial charge in [0.2, 0.25) is 0 Å². The maximum absolute atomic E-state index is 13.4. The molecule has 5 nitrogen and oxygen atoms in total. The van der Waals surface area contributed by atoms with Gasteiger partial charge in [0, 0.05) is 29.3 Å². The number of hydrogen-bond acceptors (Lipinski definition) is 3. The molecule has 0 bridgehead atoms. The third kappa shape index (κ3) is 5.64. The molecule has 0 aliphatic carbocycles. The van der Waals surface area contributed by atoms with Crippen LogP contribution in [0.1, 0.15) is 50.7 Å². The molecular weight excluding hydrogens is 450 g/mol. The van der Waals surface area contributed by atoms with Crippen molar-refractivity contribution in [2.24, 2.45) is 0 Å². The molecular formula is C31H31NO4. The van der Waals surface area contributed by atoms with Gasteiger partial charge in [0.1, 0.15) is 0 Å². The molecule has 4 aromatic rings. The van der Waals surface area contributed by atoms with Crippen LogP contribution in [0.15, 0.2) is 72.9 Å². The lowest BCUT2D eigenvalue weighted by molar-refractivity contribution is -0.149. The van der Waals surface area contributed by atoms with Crippen molar-refractivity contribution in [1.82, 2.24) is 4.57 Å². The van der Waals surface area contributed by atoms with E-state index in [1.165, 1.54) is 6.92 Å². The standard InChI is InChI=1S/C31H31NO4/c1-20-7-13-26(14-8-20)30(33)28-18-32(29-22(3)16-21(2)17-27(28)29)15-5-6-24-9-11-25(12-10-24)19-36-23(4)31(34)35/h5-14,16-18,23H,15,19H2,1-4H3,(H,34,35)/t23-/m0/s1. The average molecular weight is 482 g/mol. The number of nitrogens with zero attached hydrogens (tertiary/aromatic N) is 1. The summed E-state index contributed by atoms with van der Waals surface area (Å²) in [6.07, 6.45) is 5.25. The fourth-order valence-electron chi connectivity index (χ4n) is 4.34. The lowest BCUT2D eigenvalue weighted by Gasteiger charge is -2.08. The van der Waals surface area contributed by atoms with Crippen molar-refractivity contribution in [2.45, 2.75) is 47.0 Å². The SMILES string of the molecule is Cc1ccc(C(=O)c2cn(CC=Cc3ccc(CO[C@@H](C)C(=O)O)cc3)c3c(C)cc(C)cc23)cc1.